The second-order valence-corrected chi connectivity index (χ2v) is 13.0. The standard InChI is InChI=1S/C20H13NO15S3/c22-16-12-3-1-2-4-13(12)17(23)21(16)36-19(25)18(24)35-14-7-10-5-6-20(38(29,30)31,39(32,33)34)9-11(10)8-15(14)37(26,27)28/h1-8H,9H2,(H,26,27,28)(H,29,30,31)(H,32,33,34). The number of hydroxylamine groups is 2. The van der Waals surface area contributed by atoms with Gasteiger partial charge < -0.3 is 9.57 Å². The highest BCUT2D eigenvalue weighted by Crippen LogP contribution is 2.39. The number of fused-ring (bicyclic) bond motifs is 2. The van der Waals surface area contributed by atoms with Crippen LogP contribution >= 0.6 is 0 Å². The number of ether oxygens (including phenoxy) is 1. The number of carbonyl (C=O) groups is 4. The second-order valence-electron chi connectivity index (χ2n) is 7.96. The van der Waals surface area contributed by atoms with Crippen molar-refractivity contribution in [3.05, 3.63) is 64.7 Å². The van der Waals surface area contributed by atoms with Gasteiger partial charge in [0.15, 0.2) is 5.75 Å². The number of imide groups is 1. The molecule has 3 N–H and O–H groups in total. The normalized spacial score (nSPS) is 16.4. The van der Waals surface area contributed by atoms with Crippen LogP contribution in [0.5, 0.6) is 5.75 Å². The topological polar surface area (TPSA) is 253 Å². The summed E-state index contributed by atoms with van der Waals surface area (Å²) in [5, 5.41) is -0.0300. The molecule has 2 aromatic carbocycles. The van der Waals surface area contributed by atoms with Crippen molar-refractivity contribution in [2.75, 3.05) is 0 Å². The van der Waals surface area contributed by atoms with Crippen molar-refractivity contribution in [1.29, 1.82) is 0 Å². The molecular weight excluding hydrogens is 590 g/mol. The number of hydrogen-bond acceptors (Lipinski definition) is 12. The molecule has 2 aliphatic rings. The summed E-state index contributed by atoms with van der Waals surface area (Å²) in [5.74, 6) is -7.14. The fourth-order valence-electron chi connectivity index (χ4n) is 3.75. The Balaban J connectivity index is 1.66. The predicted octanol–water partition coefficient (Wildman–Crippen LogP) is -0.366. The first-order valence-corrected chi connectivity index (χ1v) is 14.4. The Bertz CT molecular complexity index is 1770. The minimum Gasteiger partial charge on any atom is -0.417 e. The molecule has 1 heterocycles. The minimum absolute atomic E-state index is 0.0300. The summed E-state index contributed by atoms with van der Waals surface area (Å²) in [6, 6.07) is 6.48. The molecule has 16 nitrogen and oxygen atoms in total. The lowest BCUT2D eigenvalue weighted by molar-refractivity contribution is -0.179. The van der Waals surface area contributed by atoms with Crippen LogP contribution in [0, 0.1) is 0 Å². The largest absolute Gasteiger partial charge is 0.442 e. The lowest BCUT2D eigenvalue weighted by atomic mass is 9.96. The van der Waals surface area contributed by atoms with Crippen LogP contribution in [0.1, 0.15) is 31.8 Å². The molecule has 2 aromatic rings. The Labute approximate surface area is 218 Å². The maximum atomic E-state index is 12.3. The Kier molecular flexibility index (Phi) is 6.49. The average Bonchev–Trinajstić information content (AvgIpc) is 3.06. The summed E-state index contributed by atoms with van der Waals surface area (Å²) < 4.78 is 101. The van der Waals surface area contributed by atoms with E-state index in [1.165, 1.54) is 24.3 Å². The Morgan fingerprint density at radius 2 is 1.38 bits per heavy atom. The fraction of sp³-hybridized carbons (Fsp3) is 0.100. The van der Waals surface area contributed by atoms with Crippen molar-refractivity contribution in [3.8, 4) is 5.75 Å². The molecular formula is C20H13NO15S3. The number of hydrogen-bond donors (Lipinski definition) is 3. The Morgan fingerprint density at radius 1 is 0.846 bits per heavy atom. The molecule has 0 unspecified atom stereocenters. The highest BCUT2D eigenvalue weighted by molar-refractivity contribution is 8.05. The SMILES string of the molecule is O=C(Oc1cc2c(cc1S(=O)(=O)O)CC(S(=O)(=O)O)(S(=O)(=O)O)C=C2)C(=O)ON1C(=O)c2ccccc2C1=O. The van der Waals surface area contributed by atoms with Gasteiger partial charge in [0.2, 0.25) is 4.08 Å². The van der Waals surface area contributed by atoms with Crippen molar-refractivity contribution in [2.45, 2.75) is 15.4 Å². The third kappa shape index (κ3) is 4.70. The average molecular weight is 604 g/mol. The summed E-state index contributed by atoms with van der Waals surface area (Å²) in [6.45, 7) is 0. The first-order chi connectivity index (χ1) is 17.9. The smallest absolute Gasteiger partial charge is 0.417 e. The van der Waals surface area contributed by atoms with Crippen LogP contribution < -0.4 is 4.74 Å². The summed E-state index contributed by atoms with van der Waals surface area (Å²) in [4.78, 5) is 52.4. The van der Waals surface area contributed by atoms with Crippen molar-refractivity contribution in [3.63, 3.8) is 0 Å². The third-order valence-corrected chi connectivity index (χ3v) is 10.1. The summed E-state index contributed by atoms with van der Waals surface area (Å²) in [6.07, 6.45) is -0.160. The quantitative estimate of drug-likeness (QED) is 0.130. The lowest BCUT2D eigenvalue weighted by Gasteiger charge is -2.28. The number of amides is 2. The van der Waals surface area contributed by atoms with E-state index < -0.39 is 80.8 Å². The van der Waals surface area contributed by atoms with Crippen LogP contribution in [0.25, 0.3) is 6.08 Å². The van der Waals surface area contributed by atoms with E-state index in [1.54, 1.807) is 0 Å². The van der Waals surface area contributed by atoms with Gasteiger partial charge in [-0.1, -0.05) is 23.3 Å². The van der Waals surface area contributed by atoms with Crippen LogP contribution in [0.2, 0.25) is 0 Å². The second kappa shape index (κ2) is 9.03. The number of benzene rings is 2. The minimum atomic E-state index is -5.56. The molecule has 0 saturated carbocycles. The third-order valence-electron chi connectivity index (χ3n) is 5.61. The molecule has 206 valence electrons. The van der Waals surface area contributed by atoms with Crippen LogP contribution in [-0.4, -0.2) is 71.8 Å². The van der Waals surface area contributed by atoms with Gasteiger partial charge in [0.05, 0.1) is 11.1 Å². The van der Waals surface area contributed by atoms with Gasteiger partial charge in [0.25, 0.3) is 42.2 Å². The van der Waals surface area contributed by atoms with E-state index in [9.17, 15) is 58.1 Å². The van der Waals surface area contributed by atoms with Gasteiger partial charge in [-0.05, 0) is 41.5 Å². The maximum Gasteiger partial charge on any atom is 0.442 e. The molecule has 1 aliphatic heterocycles. The molecule has 4 rings (SSSR count). The van der Waals surface area contributed by atoms with Gasteiger partial charge in [-0.15, -0.1) is 0 Å². The van der Waals surface area contributed by atoms with Gasteiger partial charge in [0.1, 0.15) is 4.90 Å². The number of carbonyl (C=O) groups excluding carboxylic acids is 4. The summed E-state index contributed by atoms with van der Waals surface area (Å²) >= 11 is 0. The van der Waals surface area contributed by atoms with E-state index in [1.807, 2.05) is 0 Å². The van der Waals surface area contributed by atoms with Gasteiger partial charge in [-0.2, -0.15) is 25.3 Å². The molecule has 0 bridgehead atoms. The molecule has 39 heavy (non-hydrogen) atoms. The predicted molar refractivity (Wildman–Crippen MR) is 123 cm³/mol. The highest BCUT2D eigenvalue weighted by atomic mass is 32.3. The van der Waals surface area contributed by atoms with Gasteiger partial charge in [0, 0.05) is 6.42 Å². The van der Waals surface area contributed by atoms with E-state index in [4.69, 9.17) is 0 Å². The molecule has 2 amide bonds. The van der Waals surface area contributed by atoms with Gasteiger partial charge in [-0.3, -0.25) is 23.2 Å². The van der Waals surface area contributed by atoms with E-state index in [0.29, 0.717) is 24.3 Å². The monoisotopic (exact) mass is 603 g/mol. The molecule has 0 saturated heterocycles. The zero-order chi connectivity index (χ0) is 29.1. The van der Waals surface area contributed by atoms with Crippen LogP contribution in [0.4, 0.5) is 0 Å². The molecule has 1 aliphatic carbocycles. The molecule has 0 spiro atoms. The number of rotatable bonds is 5. The van der Waals surface area contributed by atoms with Crippen molar-refractivity contribution >= 4 is 60.2 Å². The van der Waals surface area contributed by atoms with E-state index in [0.717, 1.165) is 0 Å². The summed E-state index contributed by atoms with van der Waals surface area (Å²) in [7, 11) is -16.4. The van der Waals surface area contributed by atoms with Gasteiger partial charge >= 0.3 is 11.9 Å². The van der Waals surface area contributed by atoms with E-state index in [2.05, 4.69) is 9.57 Å². The first kappa shape index (κ1) is 28.0. The number of nitrogens with zero attached hydrogens (tertiary/aromatic N) is 1. The molecule has 0 fully saturated rings. The summed E-state index contributed by atoms with van der Waals surface area (Å²) in [5.41, 5.74) is -0.968. The molecule has 19 heteroatoms. The number of esters is 1. The van der Waals surface area contributed by atoms with Crippen molar-refractivity contribution in [2.24, 2.45) is 0 Å². The fourth-order valence-corrected chi connectivity index (χ4v) is 6.61. The van der Waals surface area contributed by atoms with Crippen molar-refractivity contribution < 1.29 is 67.7 Å². The van der Waals surface area contributed by atoms with E-state index in [-0.39, 0.29) is 21.8 Å². The molecule has 0 aromatic heterocycles. The molecule has 0 atom stereocenters. The Morgan fingerprint density at radius 3 is 1.87 bits per heavy atom. The highest BCUT2D eigenvalue weighted by Gasteiger charge is 2.54. The zero-order valence-corrected chi connectivity index (χ0v) is 21.2. The van der Waals surface area contributed by atoms with Crippen LogP contribution in [0.3, 0.4) is 0 Å². The zero-order valence-electron chi connectivity index (χ0n) is 18.7. The van der Waals surface area contributed by atoms with Gasteiger partial charge in [-0.25, -0.2) is 9.59 Å². The van der Waals surface area contributed by atoms with E-state index >= 15 is 0 Å². The van der Waals surface area contributed by atoms with Crippen LogP contribution in [0.15, 0.2) is 47.4 Å². The Hall–Kier alpha value is -4.01. The van der Waals surface area contributed by atoms with Crippen molar-refractivity contribution in [1.82, 2.24) is 5.06 Å². The first-order valence-electron chi connectivity index (χ1n) is 10.1. The molecule has 0 radical (unpaired) electrons. The van der Waals surface area contributed by atoms with Crippen LogP contribution in [-0.2, 0) is 51.2 Å². The lowest BCUT2D eigenvalue weighted by Crippen LogP contribution is -2.47. The maximum absolute atomic E-state index is 12.3.